The lowest BCUT2D eigenvalue weighted by Gasteiger charge is -2.36. The molecule has 1 aliphatic rings. The van der Waals surface area contributed by atoms with Crippen LogP contribution in [0.2, 0.25) is 0 Å². The first-order chi connectivity index (χ1) is 10.4. The van der Waals surface area contributed by atoms with Gasteiger partial charge in [0.25, 0.3) is 5.91 Å². The molecule has 1 amide bonds. The van der Waals surface area contributed by atoms with Crippen LogP contribution < -0.4 is 0 Å². The number of esters is 1. The van der Waals surface area contributed by atoms with Crippen LogP contribution >= 0.6 is 0 Å². The highest BCUT2D eigenvalue weighted by Gasteiger charge is 2.34. The van der Waals surface area contributed by atoms with E-state index in [2.05, 4.69) is 5.16 Å². The quantitative estimate of drug-likeness (QED) is 0.799. The second-order valence-electron chi connectivity index (χ2n) is 6.28. The molecule has 0 radical (unpaired) electrons. The van der Waals surface area contributed by atoms with Crippen molar-refractivity contribution >= 4 is 11.9 Å². The van der Waals surface area contributed by atoms with Gasteiger partial charge < -0.3 is 14.2 Å². The number of nitrogens with zero attached hydrogens (tertiary/aromatic N) is 2. The number of likely N-dealkylation sites (tertiary alicyclic amines) is 1. The summed E-state index contributed by atoms with van der Waals surface area (Å²) in [7, 11) is 0. The maximum Gasteiger partial charge on any atom is 0.377 e. The molecule has 1 aromatic heterocycles. The average Bonchev–Trinajstić information content (AvgIpc) is 2.90. The van der Waals surface area contributed by atoms with Crippen molar-refractivity contribution in [1.29, 1.82) is 0 Å². The second kappa shape index (κ2) is 6.94. The van der Waals surface area contributed by atoms with Crippen LogP contribution in [0.5, 0.6) is 0 Å². The molecule has 0 unspecified atom stereocenters. The third-order valence-electron chi connectivity index (χ3n) is 4.00. The van der Waals surface area contributed by atoms with Crippen LogP contribution in [0.3, 0.4) is 0 Å². The van der Waals surface area contributed by atoms with Crippen LogP contribution in [0.25, 0.3) is 0 Å². The molecule has 22 heavy (non-hydrogen) atoms. The first-order valence-electron chi connectivity index (χ1n) is 7.85. The van der Waals surface area contributed by atoms with E-state index in [1.54, 1.807) is 6.92 Å². The van der Waals surface area contributed by atoms with E-state index in [1.165, 1.54) is 6.07 Å². The fraction of sp³-hybridized carbons (Fsp3) is 0.688. The van der Waals surface area contributed by atoms with Crippen molar-refractivity contribution in [3.63, 3.8) is 0 Å². The van der Waals surface area contributed by atoms with Crippen LogP contribution in [0.15, 0.2) is 10.6 Å². The molecule has 1 fully saturated rings. The summed E-state index contributed by atoms with van der Waals surface area (Å²) in [6, 6.07) is 1.70. The summed E-state index contributed by atoms with van der Waals surface area (Å²) in [5.41, 5.74) is 0.601. The van der Waals surface area contributed by atoms with Gasteiger partial charge in [0.1, 0.15) is 0 Å². The van der Waals surface area contributed by atoms with Gasteiger partial charge in [0.05, 0.1) is 5.69 Å². The van der Waals surface area contributed by atoms with E-state index < -0.39 is 12.1 Å². The van der Waals surface area contributed by atoms with E-state index in [4.69, 9.17) is 9.26 Å². The molecule has 0 spiro atoms. The maximum absolute atomic E-state index is 12.7. The number of aryl methyl sites for hydroxylation is 1. The summed E-state index contributed by atoms with van der Waals surface area (Å²) in [6.45, 7) is 8.23. The number of hydrogen-bond acceptors (Lipinski definition) is 5. The minimum Gasteiger partial charge on any atom is -0.446 e. The standard InChI is InChI=1S/C16H24N2O4/c1-10(2)14(15(19)18-8-6-5-7-12(18)4)21-16(20)13-9-11(3)17-22-13/h9-10,12,14H,5-8H2,1-4H3/t12-,14-/m1/s1. The smallest absolute Gasteiger partial charge is 0.377 e. The molecular weight excluding hydrogens is 284 g/mol. The number of hydrogen-bond donors (Lipinski definition) is 0. The topological polar surface area (TPSA) is 72.6 Å². The number of rotatable bonds is 4. The van der Waals surface area contributed by atoms with Gasteiger partial charge in [-0.3, -0.25) is 4.79 Å². The number of piperidine rings is 1. The largest absolute Gasteiger partial charge is 0.446 e. The molecule has 1 aromatic rings. The Kier molecular flexibility index (Phi) is 5.21. The average molecular weight is 308 g/mol. The van der Waals surface area contributed by atoms with Crippen molar-refractivity contribution < 1.29 is 18.8 Å². The minimum absolute atomic E-state index is 0.0302. The van der Waals surface area contributed by atoms with E-state index in [0.717, 1.165) is 25.8 Å². The first-order valence-corrected chi connectivity index (χ1v) is 7.85. The van der Waals surface area contributed by atoms with Crippen LogP contribution in [-0.2, 0) is 9.53 Å². The molecule has 0 N–H and O–H groups in total. The predicted octanol–water partition coefficient (Wildman–Crippen LogP) is 2.57. The Morgan fingerprint density at radius 3 is 2.68 bits per heavy atom. The molecule has 122 valence electrons. The molecule has 1 aliphatic heterocycles. The van der Waals surface area contributed by atoms with Crippen LogP contribution in [0.1, 0.15) is 56.3 Å². The van der Waals surface area contributed by atoms with Crippen LogP contribution in [0, 0.1) is 12.8 Å². The molecular formula is C16H24N2O4. The van der Waals surface area contributed by atoms with Crippen molar-refractivity contribution in [2.45, 2.75) is 59.1 Å². The molecule has 0 saturated carbocycles. The maximum atomic E-state index is 12.7. The van der Waals surface area contributed by atoms with Gasteiger partial charge in [-0.2, -0.15) is 0 Å². The lowest BCUT2D eigenvalue weighted by Crippen LogP contribution is -2.49. The molecule has 1 saturated heterocycles. The van der Waals surface area contributed by atoms with Gasteiger partial charge in [-0.25, -0.2) is 4.79 Å². The van der Waals surface area contributed by atoms with E-state index in [1.807, 2.05) is 25.7 Å². The number of amides is 1. The highest BCUT2D eigenvalue weighted by Crippen LogP contribution is 2.21. The summed E-state index contributed by atoms with van der Waals surface area (Å²) in [5, 5.41) is 3.67. The zero-order valence-corrected chi connectivity index (χ0v) is 13.7. The van der Waals surface area contributed by atoms with Gasteiger partial charge in [0.15, 0.2) is 6.10 Å². The molecule has 0 bridgehead atoms. The third-order valence-corrected chi connectivity index (χ3v) is 4.00. The fourth-order valence-electron chi connectivity index (χ4n) is 2.69. The first kappa shape index (κ1) is 16.5. The lowest BCUT2D eigenvalue weighted by atomic mass is 10.00. The molecule has 2 heterocycles. The Balaban J connectivity index is 2.09. The van der Waals surface area contributed by atoms with Gasteiger partial charge in [-0.15, -0.1) is 0 Å². The fourth-order valence-corrected chi connectivity index (χ4v) is 2.69. The summed E-state index contributed by atoms with van der Waals surface area (Å²) < 4.78 is 10.3. The lowest BCUT2D eigenvalue weighted by molar-refractivity contribution is -0.146. The molecule has 0 aromatic carbocycles. The van der Waals surface area contributed by atoms with Gasteiger partial charge in [0.2, 0.25) is 5.76 Å². The molecule has 6 nitrogen and oxygen atoms in total. The third kappa shape index (κ3) is 3.67. The Morgan fingerprint density at radius 1 is 1.41 bits per heavy atom. The molecule has 2 rings (SSSR count). The number of aromatic nitrogens is 1. The van der Waals surface area contributed by atoms with Gasteiger partial charge in [-0.05, 0) is 39.0 Å². The summed E-state index contributed by atoms with van der Waals surface area (Å²) in [4.78, 5) is 26.7. The van der Waals surface area contributed by atoms with E-state index in [0.29, 0.717) is 5.69 Å². The Morgan fingerprint density at radius 2 is 2.14 bits per heavy atom. The van der Waals surface area contributed by atoms with Crippen molar-refractivity contribution in [2.24, 2.45) is 5.92 Å². The second-order valence-corrected chi connectivity index (χ2v) is 6.28. The summed E-state index contributed by atoms with van der Waals surface area (Å²) in [6.07, 6.45) is 2.33. The van der Waals surface area contributed by atoms with E-state index in [9.17, 15) is 9.59 Å². The Labute approximate surface area is 130 Å². The minimum atomic E-state index is -0.793. The summed E-state index contributed by atoms with van der Waals surface area (Å²) >= 11 is 0. The van der Waals surface area contributed by atoms with Crippen molar-refractivity contribution in [2.75, 3.05) is 6.54 Å². The normalized spacial score (nSPS) is 20.0. The number of carbonyl (C=O) groups excluding carboxylic acids is 2. The van der Waals surface area contributed by atoms with Crippen LogP contribution in [-0.4, -0.2) is 40.6 Å². The Bertz CT molecular complexity index is 538. The zero-order chi connectivity index (χ0) is 16.3. The number of carbonyl (C=O) groups is 2. The molecule has 0 aliphatic carbocycles. The van der Waals surface area contributed by atoms with E-state index in [-0.39, 0.29) is 23.6 Å². The highest BCUT2D eigenvalue weighted by molar-refractivity contribution is 5.90. The van der Waals surface area contributed by atoms with Gasteiger partial charge in [-0.1, -0.05) is 19.0 Å². The summed E-state index contributed by atoms with van der Waals surface area (Å²) in [5.74, 6) is -0.832. The van der Waals surface area contributed by atoms with Crippen molar-refractivity contribution in [3.8, 4) is 0 Å². The van der Waals surface area contributed by atoms with Gasteiger partial charge in [0, 0.05) is 18.7 Å². The van der Waals surface area contributed by atoms with Crippen molar-refractivity contribution in [3.05, 3.63) is 17.5 Å². The highest BCUT2D eigenvalue weighted by atomic mass is 16.6. The zero-order valence-electron chi connectivity index (χ0n) is 13.7. The number of ether oxygens (including phenoxy) is 1. The molecule has 6 heteroatoms. The molecule has 2 atom stereocenters. The SMILES string of the molecule is Cc1cc(C(=O)O[C@@H](C(=O)N2CCCC[C@H]2C)C(C)C)on1. The Hall–Kier alpha value is -1.85. The van der Waals surface area contributed by atoms with Gasteiger partial charge >= 0.3 is 5.97 Å². The van der Waals surface area contributed by atoms with Crippen molar-refractivity contribution in [1.82, 2.24) is 10.1 Å². The predicted molar refractivity (Wildman–Crippen MR) is 80.3 cm³/mol. The van der Waals surface area contributed by atoms with E-state index >= 15 is 0 Å². The monoisotopic (exact) mass is 308 g/mol. The van der Waals surface area contributed by atoms with Crippen LogP contribution in [0.4, 0.5) is 0 Å².